The van der Waals surface area contributed by atoms with Gasteiger partial charge < -0.3 is 4.90 Å². The van der Waals surface area contributed by atoms with E-state index in [-0.39, 0.29) is 5.78 Å². The number of pyridine rings is 1. The van der Waals surface area contributed by atoms with Crippen LogP contribution in [0.3, 0.4) is 0 Å². The highest BCUT2D eigenvalue weighted by molar-refractivity contribution is 5.99. The highest BCUT2D eigenvalue weighted by Gasteiger charge is 2.14. The van der Waals surface area contributed by atoms with Crippen molar-refractivity contribution in [1.82, 2.24) is 4.98 Å². The second kappa shape index (κ2) is 7.36. The summed E-state index contributed by atoms with van der Waals surface area (Å²) >= 11 is 0. The van der Waals surface area contributed by atoms with Crippen molar-refractivity contribution in [2.24, 2.45) is 0 Å². The molecule has 0 saturated heterocycles. The smallest absolute Gasteiger partial charge is 0.182 e. The molecule has 0 N–H and O–H groups in total. The minimum atomic E-state index is 0.0900. The van der Waals surface area contributed by atoms with Gasteiger partial charge in [-0.25, -0.2) is 4.98 Å². The number of ketones is 1. The van der Waals surface area contributed by atoms with E-state index in [1.54, 1.807) is 6.20 Å². The highest BCUT2D eigenvalue weighted by Crippen LogP contribution is 2.15. The number of nitrogens with zero attached hydrogens (tertiary/aromatic N) is 2. The zero-order valence-corrected chi connectivity index (χ0v) is 12.8. The SMILES string of the molecule is O=C(CN(Cc1ccccc1)c1ccccn1)c1ccccc1. The van der Waals surface area contributed by atoms with Gasteiger partial charge in [-0.05, 0) is 17.7 Å². The maximum Gasteiger partial charge on any atom is 0.182 e. The molecule has 0 aliphatic heterocycles. The third-order valence-electron chi connectivity index (χ3n) is 3.62. The van der Waals surface area contributed by atoms with Crippen molar-refractivity contribution in [1.29, 1.82) is 0 Å². The van der Waals surface area contributed by atoms with Gasteiger partial charge in [0, 0.05) is 18.3 Å². The maximum absolute atomic E-state index is 12.5. The number of rotatable bonds is 6. The molecule has 0 bridgehead atoms. The van der Waals surface area contributed by atoms with Crippen LogP contribution in [0.15, 0.2) is 85.1 Å². The molecule has 0 fully saturated rings. The van der Waals surface area contributed by atoms with Crippen LogP contribution in [0.2, 0.25) is 0 Å². The summed E-state index contributed by atoms with van der Waals surface area (Å²) in [4.78, 5) is 18.9. The number of benzene rings is 2. The van der Waals surface area contributed by atoms with E-state index in [1.807, 2.05) is 71.6 Å². The summed E-state index contributed by atoms with van der Waals surface area (Å²) < 4.78 is 0. The molecule has 0 saturated carbocycles. The predicted molar refractivity (Wildman–Crippen MR) is 92.5 cm³/mol. The van der Waals surface area contributed by atoms with Gasteiger partial charge in [0.05, 0.1) is 6.54 Å². The lowest BCUT2D eigenvalue weighted by atomic mass is 10.1. The summed E-state index contributed by atoms with van der Waals surface area (Å²) in [6.07, 6.45) is 1.75. The van der Waals surface area contributed by atoms with Gasteiger partial charge in [0.1, 0.15) is 5.82 Å². The van der Waals surface area contributed by atoms with Gasteiger partial charge >= 0.3 is 0 Å². The molecule has 3 nitrogen and oxygen atoms in total. The standard InChI is InChI=1S/C20H18N2O/c23-19(18-11-5-2-6-12-18)16-22(20-13-7-8-14-21-20)15-17-9-3-1-4-10-17/h1-14H,15-16H2. The van der Waals surface area contributed by atoms with E-state index in [9.17, 15) is 4.79 Å². The predicted octanol–water partition coefficient (Wildman–Crippen LogP) is 3.97. The molecule has 0 aliphatic rings. The number of carbonyl (C=O) groups is 1. The number of hydrogen-bond acceptors (Lipinski definition) is 3. The van der Waals surface area contributed by atoms with Gasteiger partial charge in [-0.3, -0.25) is 4.79 Å². The molecule has 0 aliphatic carbocycles. The molecule has 114 valence electrons. The highest BCUT2D eigenvalue weighted by atomic mass is 16.1. The fourth-order valence-electron chi connectivity index (χ4n) is 2.45. The Morgan fingerprint density at radius 2 is 1.48 bits per heavy atom. The Kier molecular flexibility index (Phi) is 4.79. The fourth-order valence-corrected chi connectivity index (χ4v) is 2.45. The minimum Gasteiger partial charge on any atom is -0.345 e. The van der Waals surface area contributed by atoms with E-state index in [0.29, 0.717) is 13.1 Å². The first kappa shape index (κ1) is 15.0. The van der Waals surface area contributed by atoms with Crippen LogP contribution in [0.25, 0.3) is 0 Å². The van der Waals surface area contributed by atoms with Crippen LogP contribution in [-0.2, 0) is 6.54 Å². The van der Waals surface area contributed by atoms with Crippen molar-refractivity contribution in [3.8, 4) is 0 Å². The number of anilines is 1. The average molecular weight is 302 g/mol. The van der Waals surface area contributed by atoms with Crippen molar-refractivity contribution >= 4 is 11.6 Å². The lowest BCUT2D eigenvalue weighted by Crippen LogP contribution is -2.30. The van der Waals surface area contributed by atoms with E-state index in [1.165, 1.54) is 0 Å². The molecular weight excluding hydrogens is 284 g/mol. The van der Waals surface area contributed by atoms with Crippen LogP contribution < -0.4 is 4.90 Å². The van der Waals surface area contributed by atoms with E-state index >= 15 is 0 Å². The number of carbonyl (C=O) groups excluding carboxylic acids is 1. The molecule has 2 aromatic carbocycles. The molecule has 0 radical (unpaired) electrons. The second-order valence-electron chi connectivity index (χ2n) is 5.32. The van der Waals surface area contributed by atoms with E-state index in [0.717, 1.165) is 16.9 Å². The summed E-state index contributed by atoms with van der Waals surface area (Å²) in [6, 6.07) is 25.2. The third kappa shape index (κ3) is 4.04. The molecule has 3 heteroatoms. The van der Waals surface area contributed by atoms with Gasteiger partial charge in [-0.2, -0.15) is 0 Å². The Morgan fingerprint density at radius 1 is 0.826 bits per heavy atom. The fraction of sp³-hybridized carbons (Fsp3) is 0.100. The zero-order chi connectivity index (χ0) is 15.9. The largest absolute Gasteiger partial charge is 0.345 e. The monoisotopic (exact) mass is 302 g/mol. The Bertz CT molecular complexity index is 742. The Balaban J connectivity index is 1.82. The summed E-state index contributed by atoms with van der Waals surface area (Å²) in [5, 5.41) is 0. The number of aromatic nitrogens is 1. The van der Waals surface area contributed by atoms with Crippen LogP contribution in [0.1, 0.15) is 15.9 Å². The van der Waals surface area contributed by atoms with Crippen LogP contribution >= 0.6 is 0 Å². The van der Waals surface area contributed by atoms with Crippen molar-refractivity contribution < 1.29 is 4.79 Å². The van der Waals surface area contributed by atoms with Crippen molar-refractivity contribution in [3.63, 3.8) is 0 Å². The molecule has 23 heavy (non-hydrogen) atoms. The Hall–Kier alpha value is -2.94. The minimum absolute atomic E-state index is 0.0900. The topological polar surface area (TPSA) is 33.2 Å². The van der Waals surface area contributed by atoms with Gasteiger partial charge in [-0.15, -0.1) is 0 Å². The Labute approximate surface area is 136 Å². The summed E-state index contributed by atoms with van der Waals surface area (Å²) in [6.45, 7) is 0.951. The molecule has 1 aromatic heterocycles. The second-order valence-corrected chi connectivity index (χ2v) is 5.32. The molecule has 0 unspecified atom stereocenters. The van der Waals surface area contributed by atoms with Crippen LogP contribution in [-0.4, -0.2) is 17.3 Å². The summed E-state index contributed by atoms with van der Waals surface area (Å²) in [7, 11) is 0. The first-order valence-corrected chi connectivity index (χ1v) is 7.61. The van der Waals surface area contributed by atoms with Crippen molar-refractivity contribution in [2.45, 2.75) is 6.54 Å². The van der Waals surface area contributed by atoms with Crippen LogP contribution in [0.5, 0.6) is 0 Å². The van der Waals surface area contributed by atoms with Gasteiger partial charge in [0.2, 0.25) is 0 Å². The van der Waals surface area contributed by atoms with Gasteiger partial charge in [-0.1, -0.05) is 66.7 Å². The maximum atomic E-state index is 12.5. The van der Waals surface area contributed by atoms with Crippen LogP contribution in [0.4, 0.5) is 5.82 Å². The zero-order valence-electron chi connectivity index (χ0n) is 12.8. The van der Waals surface area contributed by atoms with Crippen molar-refractivity contribution in [2.75, 3.05) is 11.4 Å². The lowest BCUT2D eigenvalue weighted by molar-refractivity contribution is 0.0998. The molecule has 0 spiro atoms. The summed E-state index contributed by atoms with van der Waals surface area (Å²) in [5.74, 6) is 0.896. The molecule has 3 rings (SSSR count). The molecule has 0 amide bonds. The van der Waals surface area contributed by atoms with Crippen molar-refractivity contribution in [3.05, 3.63) is 96.2 Å². The first-order chi connectivity index (χ1) is 11.3. The molecule has 1 heterocycles. The first-order valence-electron chi connectivity index (χ1n) is 7.61. The summed E-state index contributed by atoms with van der Waals surface area (Å²) in [5.41, 5.74) is 1.88. The van der Waals surface area contributed by atoms with E-state index in [2.05, 4.69) is 17.1 Å². The normalized spacial score (nSPS) is 10.3. The lowest BCUT2D eigenvalue weighted by Gasteiger charge is -2.23. The third-order valence-corrected chi connectivity index (χ3v) is 3.62. The molecular formula is C20H18N2O. The van der Waals surface area contributed by atoms with Crippen LogP contribution in [0, 0.1) is 0 Å². The molecule has 3 aromatic rings. The number of Topliss-reactive ketones (excluding diaryl/α,β-unsaturated/α-hetero) is 1. The van der Waals surface area contributed by atoms with Gasteiger partial charge in [0.25, 0.3) is 0 Å². The average Bonchev–Trinajstić information content (AvgIpc) is 2.63. The molecule has 0 atom stereocenters. The van der Waals surface area contributed by atoms with E-state index < -0.39 is 0 Å². The Morgan fingerprint density at radius 3 is 2.13 bits per heavy atom. The number of hydrogen-bond donors (Lipinski definition) is 0. The van der Waals surface area contributed by atoms with Gasteiger partial charge in [0.15, 0.2) is 5.78 Å². The quantitative estimate of drug-likeness (QED) is 0.646. The van der Waals surface area contributed by atoms with E-state index in [4.69, 9.17) is 0 Å².